The Kier molecular flexibility index (Phi) is 6.56. The lowest BCUT2D eigenvalue weighted by Crippen LogP contribution is -2.36. The first kappa shape index (κ1) is 20.6. The van der Waals surface area contributed by atoms with Gasteiger partial charge in [-0.1, -0.05) is 29.3 Å². The second kappa shape index (κ2) is 8.91. The smallest absolute Gasteiger partial charge is 0.179 e. The number of benzene rings is 2. The zero-order chi connectivity index (χ0) is 20.3. The number of likely N-dealkylation sites (tertiary alicyclic amines) is 1. The molecule has 1 fully saturated rings. The van der Waals surface area contributed by atoms with Crippen molar-refractivity contribution in [2.24, 2.45) is 0 Å². The molecule has 1 aliphatic rings. The number of nitriles is 1. The van der Waals surface area contributed by atoms with Crippen LogP contribution in [0.1, 0.15) is 17.5 Å². The van der Waals surface area contributed by atoms with E-state index >= 15 is 0 Å². The Morgan fingerprint density at radius 2 is 2.00 bits per heavy atom. The number of hydrogen-bond acceptors (Lipinski definition) is 5. The molecule has 0 radical (unpaired) electrons. The van der Waals surface area contributed by atoms with E-state index in [4.69, 9.17) is 32.7 Å². The SMILES string of the molecule is COc1ccc(CN(c2ccc(C#N)c(Cl)c2)[C@H]2CCN(C)C2)c(Cl)c1OC. The molecule has 7 heteroatoms. The van der Waals surface area contributed by atoms with Crippen LogP contribution in [0, 0.1) is 11.3 Å². The van der Waals surface area contributed by atoms with Gasteiger partial charge in [-0.15, -0.1) is 0 Å². The lowest BCUT2D eigenvalue weighted by atomic mass is 10.1. The Morgan fingerprint density at radius 1 is 1.21 bits per heavy atom. The highest BCUT2D eigenvalue weighted by Crippen LogP contribution is 2.39. The van der Waals surface area contributed by atoms with Gasteiger partial charge in [-0.2, -0.15) is 5.26 Å². The molecule has 2 aromatic carbocycles. The van der Waals surface area contributed by atoms with Crippen molar-refractivity contribution in [1.82, 2.24) is 4.90 Å². The first-order valence-corrected chi connectivity index (χ1v) is 9.78. The summed E-state index contributed by atoms with van der Waals surface area (Å²) in [7, 11) is 5.29. The molecule has 0 amide bonds. The Balaban J connectivity index is 1.99. The van der Waals surface area contributed by atoms with E-state index in [2.05, 4.69) is 22.9 Å². The summed E-state index contributed by atoms with van der Waals surface area (Å²) in [6.07, 6.45) is 1.04. The molecule has 1 aliphatic heterocycles. The van der Waals surface area contributed by atoms with Gasteiger partial charge in [0.15, 0.2) is 11.5 Å². The third-order valence-corrected chi connectivity index (χ3v) is 5.84. The first-order valence-electron chi connectivity index (χ1n) is 9.02. The van der Waals surface area contributed by atoms with E-state index in [0.717, 1.165) is 30.8 Å². The number of anilines is 1. The highest BCUT2D eigenvalue weighted by molar-refractivity contribution is 6.33. The number of nitrogens with zero attached hydrogens (tertiary/aromatic N) is 3. The third-order valence-electron chi connectivity index (χ3n) is 5.12. The predicted molar refractivity (Wildman–Crippen MR) is 113 cm³/mol. The zero-order valence-electron chi connectivity index (χ0n) is 16.2. The summed E-state index contributed by atoms with van der Waals surface area (Å²) >= 11 is 12.9. The molecule has 1 heterocycles. The molecule has 1 saturated heterocycles. The number of rotatable bonds is 6. The highest BCUT2D eigenvalue weighted by Gasteiger charge is 2.27. The summed E-state index contributed by atoms with van der Waals surface area (Å²) < 4.78 is 10.8. The van der Waals surface area contributed by atoms with E-state index in [0.29, 0.717) is 39.7 Å². The summed E-state index contributed by atoms with van der Waals surface area (Å²) in [5, 5.41) is 10.2. The average molecular weight is 420 g/mol. The quantitative estimate of drug-likeness (QED) is 0.684. The minimum atomic E-state index is 0.318. The number of likely N-dealkylation sites (N-methyl/N-ethyl adjacent to an activating group) is 1. The Morgan fingerprint density at radius 3 is 2.57 bits per heavy atom. The maximum Gasteiger partial charge on any atom is 0.179 e. The average Bonchev–Trinajstić information content (AvgIpc) is 3.12. The minimum Gasteiger partial charge on any atom is -0.493 e. The first-order chi connectivity index (χ1) is 13.5. The monoisotopic (exact) mass is 419 g/mol. The van der Waals surface area contributed by atoms with Crippen LogP contribution >= 0.6 is 23.2 Å². The highest BCUT2D eigenvalue weighted by atomic mass is 35.5. The van der Waals surface area contributed by atoms with E-state index in [1.54, 1.807) is 20.3 Å². The molecule has 0 aromatic heterocycles. The van der Waals surface area contributed by atoms with Crippen LogP contribution in [-0.2, 0) is 6.54 Å². The van der Waals surface area contributed by atoms with Crippen molar-refractivity contribution in [3.63, 3.8) is 0 Å². The fourth-order valence-electron chi connectivity index (χ4n) is 3.61. The number of halogens is 2. The maximum atomic E-state index is 9.17. The fraction of sp³-hybridized carbons (Fsp3) is 0.381. The summed E-state index contributed by atoms with van der Waals surface area (Å²) in [4.78, 5) is 4.60. The van der Waals surface area contributed by atoms with Crippen molar-refractivity contribution in [3.05, 3.63) is 51.5 Å². The van der Waals surface area contributed by atoms with Crippen molar-refractivity contribution >= 4 is 28.9 Å². The van der Waals surface area contributed by atoms with E-state index in [9.17, 15) is 5.26 Å². The summed E-state index contributed by atoms with van der Waals surface area (Å²) in [6.45, 7) is 2.58. The summed E-state index contributed by atoms with van der Waals surface area (Å²) in [5.41, 5.74) is 2.38. The van der Waals surface area contributed by atoms with Gasteiger partial charge in [0.1, 0.15) is 6.07 Å². The zero-order valence-corrected chi connectivity index (χ0v) is 17.7. The van der Waals surface area contributed by atoms with E-state index in [1.165, 1.54) is 0 Å². The molecule has 1 atom stereocenters. The van der Waals surface area contributed by atoms with Gasteiger partial charge in [0.25, 0.3) is 0 Å². The molecular weight excluding hydrogens is 397 g/mol. The molecule has 5 nitrogen and oxygen atoms in total. The third kappa shape index (κ3) is 4.15. The maximum absolute atomic E-state index is 9.17. The molecule has 0 spiro atoms. The van der Waals surface area contributed by atoms with Crippen molar-refractivity contribution in [2.45, 2.75) is 19.0 Å². The van der Waals surface area contributed by atoms with Crippen LogP contribution in [0.4, 0.5) is 5.69 Å². The van der Waals surface area contributed by atoms with Crippen molar-refractivity contribution in [2.75, 3.05) is 39.3 Å². The normalized spacial score (nSPS) is 16.6. The molecule has 0 saturated carbocycles. The van der Waals surface area contributed by atoms with Crippen LogP contribution in [0.2, 0.25) is 10.0 Å². The minimum absolute atomic E-state index is 0.318. The van der Waals surface area contributed by atoms with Crippen molar-refractivity contribution < 1.29 is 9.47 Å². The molecule has 28 heavy (non-hydrogen) atoms. The molecule has 148 valence electrons. The second-order valence-corrected chi connectivity index (χ2v) is 7.67. The van der Waals surface area contributed by atoms with Gasteiger partial charge in [0.05, 0.1) is 29.8 Å². The number of ether oxygens (including phenoxy) is 2. The molecule has 0 unspecified atom stereocenters. The van der Waals surface area contributed by atoms with Gasteiger partial charge >= 0.3 is 0 Å². The van der Waals surface area contributed by atoms with Crippen LogP contribution in [0.3, 0.4) is 0 Å². The van der Waals surface area contributed by atoms with Crippen molar-refractivity contribution in [1.29, 1.82) is 5.26 Å². The molecule has 2 aromatic rings. The molecule has 3 rings (SSSR count). The van der Waals surface area contributed by atoms with Gasteiger partial charge in [0.2, 0.25) is 0 Å². The topological polar surface area (TPSA) is 48.7 Å². The Bertz CT molecular complexity index is 898. The number of hydrogen-bond donors (Lipinski definition) is 0. The van der Waals surface area contributed by atoms with Gasteiger partial charge in [-0.05, 0) is 49.8 Å². The van der Waals surface area contributed by atoms with Crippen LogP contribution in [0.5, 0.6) is 11.5 Å². The summed E-state index contributed by atoms with van der Waals surface area (Å²) in [6, 6.07) is 11.8. The standard InChI is InChI=1S/C21H23Cl2N3O2/c1-25-9-8-17(13-25)26(16-6-4-14(11-24)18(22)10-16)12-15-5-7-19(27-2)21(28-3)20(15)23/h4-7,10,17H,8-9,12-13H2,1-3H3/t17-/m0/s1. The Labute approximate surface area is 176 Å². The summed E-state index contributed by atoms with van der Waals surface area (Å²) in [5.74, 6) is 1.13. The second-order valence-electron chi connectivity index (χ2n) is 6.88. The largest absolute Gasteiger partial charge is 0.493 e. The van der Waals surface area contributed by atoms with Crippen LogP contribution in [-0.4, -0.2) is 45.3 Å². The molecule has 0 N–H and O–H groups in total. The lowest BCUT2D eigenvalue weighted by Gasteiger charge is -2.32. The molecule has 0 aliphatic carbocycles. The van der Waals surface area contributed by atoms with Gasteiger partial charge in [-0.3, -0.25) is 0 Å². The lowest BCUT2D eigenvalue weighted by molar-refractivity contribution is 0.354. The van der Waals surface area contributed by atoms with Gasteiger partial charge < -0.3 is 19.3 Å². The van der Waals surface area contributed by atoms with E-state index in [-0.39, 0.29) is 0 Å². The van der Waals surface area contributed by atoms with E-state index < -0.39 is 0 Å². The van der Waals surface area contributed by atoms with E-state index in [1.807, 2.05) is 24.3 Å². The van der Waals surface area contributed by atoms with Gasteiger partial charge in [-0.25, -0.2) is 0 Å². The van der Waals surface area contributed by atoms with Crippen LogP contribution in [0.15, 0.2) is 30.3 Å². The van der Waals surface area contributed by atoms with Crippen molar-refractivity contribution in [3.8, 4) is 17.6 Å². The fourth-order valence-corrected chi connectivity index (χ4v) is 4.12. The Hall–Kier alpha value is -2.13. The van der Waals surface area contributed by atoms with Crippen LogP contribution < -0.4 is 14.4 Å². The molecular formula is C21H23Cl2N3O2. The predicted octanol–water partition coefficient (Wildman–Crippen LogP) is 4.59. The number of methoxy groups -OCH3 is 2. The van der Waals surface area contributed by atoms with Gasteiger partial charge in [0, 0.05) is 24.8 Å². The molecule has 0 bridgehead atoms. The van der Waals surface area contributed by atoms with Crippen LogP contribution in [0.25, 0.3) is 0 Å².